The summed E-state index contributed by atoms with van der Waals surface area (Å²) < 4.78 is 32.0. The van der Waals surface area contributed by atoms with Crippen molar-refractivity contribution in [3.8, 4) is 5.75 Å². The minimum Gasteiger partial charge on any atom is -0.497 e. The fraction of sp³-hybridized carbons (Fsp3) is 0.538. The van der Waals surface area contributed by atoms with E-state index in [0.717, 1.165) is 19.6 Å². The molecular weight excluding hydrogens is 278 g/mol. The lowest BCUT2D eigenvalue weighted by molar-refractivity contribution is 0.344. The van der Waals surface area contributed by atoms with Gasteiger partial charge in [0.15, 0.2) is 0 Å². The maximum Gasteiger partial charge on any atom is 0.242 e. The number of sulfonamides is 1. The molecule has 6 nitrogen and oxygen atoms in total. The Morgan fingerprint density at radius 2 is 2.05 bits per heavy atom. The molecule has 0 atom stereocenters. The lowest BCUT2D eigenvalue weighted by Gasteiger charge is -2.15. The largest absolute Gasteiger partial charge is 0.497 e. The highest BCUT2D eigenvalue weighted by atomic mass is 32.2. The van der Waals surface area contributed by atoms with E-state index < -0.39 is 10.0 Å². The van der Waals surface area contributed by atoms with Crippen molar-refractivity contribution in [2.75, 3.05) is 39.0 Å². The van der Waals surface area contributed by atoms with E-state index in [4.69, 9.17) is 10.5 Å². The molecule has 1 fully saturated rings. The maximum absolute atomic E-state index is 12.2. The molecule has 0 aromatic heterocycles. The van der Waals surface area contributed by atoms with Crippen LogP contribution in [0.15, 0.2) is 23.1 Å². The van der Waals surface area contributed by atoms with Crippen LogP contribution in [0.25, 0.3) is 0 Å². The molecule has 1 aromatic carbocycles. The maximum atomic E-state index is 12.2. The van der Waals surface area contributed by atoms with Crippen LogP contribution in [0.3, 0.4) is 0 Å². The van der Waals surface area contributed by atoms with Gasteiger partial charge in [0, 0.05) is 19.2 Å². The summed E-state index contributed by atoms with van der Waals surface area (Å²) in [5, 5.41) is 0. The van der Waals surface area contributed by atoms with Gasteiger partial charge in [-0.05, 0) is 38.1 Å². The fourth-order valence-electron chi connectivity index (χ4n) is 2.32. The van der Waals surface area contributed by atoms with E-state index in [0.29, 0.717) is 12.3 Å². The van der Waals surface area contributed by atoms with E-state index in [1.54, 1.807) is 6.07 Å². The molecule has 2 rings (SSSR count). The Labute approximate surface area is 120 Å². The monoisotopic (exact) mass is 299 g/mol. The Bertz CT molecular complexity index is 554. The summed E-state index contributed by atoms with van der Waals surface area (Å²) in [5.41, 5.74) is 5.96. The van der Waals surface area contributed by atoms with E-state index in [1.165, 1.54) is 32.1 Å². The van der Waals surface area contributed by atoms with Crippen LogP contribution in [0.4, 0.5) is 5.69 Å². The second-order valence-corrected chi connectivity index (χ2v) is 6.59. The lowest BCUT2D eigenvalue weighted by Crippen LogP contribution is -2.33. The molecular formula is C13H21N3O3S. The van der Waals surface area contributed by atoms with E-state index in [-0.39, 0.29) is 10.6 Å². The third-order valence-electron chi connectivity index (χ3n) is 3.43. The number of methoxy groups -OCH3 is 1. The highest BCUT2D eigenvalue weighted by Gasteiger charge is 2.18. The Morgan fingerprint density at radius 1 is 1.35 bits per heavy atom. The number of nitrogens with one attached hydrogen (secondary N) is 1. The third kappa shape index (κ3) is 3.62. The van der Waals surface area contributed by atoms with Crippen LogP contribution in [0, 0.1) is 0 Å². The Hall–Kier alpha value is -1.31. The topological polar surface area (TPSA) is 84.7 Å². The van der Waals surface area contributed by atoms with Gasteiger partial charge in [-0.2, -0.15) is 0 Å². The highest BCUT2D eigenvalue weighted by Crippen LogP contribution is 2.23. The molecule has 1 aliphatic rings. The van der Waals surface area contributed by atoms with E-state index in [9.17, 15) is 8.42 Å². The molecule has 1 heterocycles. The van der Waals surface area contributed by atoms with Gasteiger partial charge in [-0.1, -0.05) is 0 Å². The summed E-state index contributed by atoms with van der Waals surface area (Å²) in [6.07, 6.45) is 2.39. The first-order chi connectivity index (χ1) is 9.53. The third-order valence-corrected chi connectivity index (χ3v) is 4.96. The van der Waals surface area contributed by atoms with Gasteiger partial charge in [0.2, 0.25) is 10.0 Å². The molecule has 0 saturated carbocycles. The second-order valence-electron chi connectivity index (χ2n) is 4.85. The van der Waals surface area contributed by atoms with Crippen LogP contribution >= 0.6 is 0 Å². The number of hydrogen-bond donors (Lipinski definition) is 2. The van der Waals surface area contributed by atoms with E-state index in [1.807, 2.05) is 0 Å². The van der Waals surface area contributed by atoms with E-state index >= 15 is 0 Å². The minimum atomic E-state index is -3.56. The second kappa shape index (κ2) is 6.43. The van der Waals surface area contributed by atoms with Crippen LogP contribution in [-0.2, 0) is 10.0 Å². The molecule has 7 heteroatoms. The predicted molar refractivity (Wildman–Crippen MR) is 78.3 cm³/mol. The molecule has 0 bridgehead atoms. The van der Waals surface area contributed by atoms with Crippen molar-refractivity contribution in [2.24, 2.45) is 0 Å². The number of nitrogens with zero attached hydrogens (tertiary/aromatic N) is 1. The van der Waals surface area contributed by atoms with Crippen molar-refractivity contribution in [1.82, 2.24) is 9.62 Å². The van der Waals surface area contributed by atoms with Gasteiger partial charge in [-0.25, -0.2) is 13.1 Å². The molecule has 0 amide bonds. The van der Waals surface area contributed by atoms with Crippen molar-refractivity contribution < 1.29 is 13.2 Å². The summed E-state index contributed by atoms with van der Waals surface area (Å²) in [4.78, 5) is 2.35. The SMILES string of the molecule is COc1ccc(S(=O)(=O)NCCN2CCCC2)c(N)c1. The van der Waals surface area contributed by atoms with Crippen molar-refractivity contribution in [1.29, 1.82) is 0 Å². The van der Waals surface area contributed by atoms with Gasteiger partial charge in [-0.15, -0.1) is 0 Å². The van der Waals surface area contributed by atoms with Crippen LogP contribution in [0.1, 0.15) is 12.8 Å². The first-order valence-electron chi connectivity index (χ1n) is 6.68. The average molecular weight is 299 g/mol. The summed E-state index contributed by atoms with van der Waals surface area (Å²) in [7, 11) is -2.05. The number of rotatable bonds is 6. The molecule has 1 aromatic rings. The highest BCUT2D eigenvalue weighted by molar-refractivity contribution is 7.89. The molecule has 0 aliphatic carbocycles. The molecule has 3 N–H and O–H groups in total. The van der Waals surface area contributed by atoms with Gasteiger partial charge in [0.25, 0.3) is 0 Å². The Balaban J connectivity index is 1.98. The standard InChI is InChI=1S/C13H21N3O3S/c1-19-11-4-5-13(12(14)10-11)20(17,18)15-6-9-16-7-2-3-8-16/h4-5,10,15H,2-3,6-9,14H2,1H3. The normalized spacial score (nSPS) is 16.4. The zero-order valence-corrected chi connectivity index (χ0v) is 12.4. The zero-order valence-electron chi connectivity index (χ0n) is 11.6. The summed E-state index contributed by atoms with van der Waals surface area (Å²) >= 11 is 0. The van der Waals surface area contributed by atoms with Gasteiger partial charge >= 0.3 is 0 Å². The summed E-state index contributed by atoms with van der Waals surface area (Å²) in [5.74, 6) is 0.540. The predicted octanol–water partition coefficient (Wildman–Crippen LogP) is 0.652. The number of hydrogen-bond acceptors (Lipinski definition) is 5. The van der Waals surface area contributed by atoms with Crippen LogP contribution in [0.5, 0.6) is 5.75 Å². The molecule has 0 radical (unpaired) electrons. The number of nitrogens with two attached hydrogens (primary N) is 1. The van der Waals surface area contributed by atoms with Crippen LogP contribution < -0.4 is 15.2 Å². The Kier molecular flexibility index (Phi) is 4.85. The van der Waals surface area contributed by atoms with Crippen molar-refractivity contribution in [2.45, 2.75) is 17.7 Å². The first-order valence-corrected chi connectivity index (χ1v) is 8.17. The molecule has 20 heavy (non-hydrogen) atoms. The molecule has 1 saturated heterocycles. The average Bonchev–Trinajstić information content (AvgIpc) is 2.91. The number of ether oxygens (including phenoxy) is 1. The van der Waals surface area contributed by atoms with Crippen molar-refractivity contribution in [3.05, 3.63) is 18.2 Å². The lowest BCUT2D eigenvalue weighted by atomic mass is 10.3. The molecule has 0 unspecified atom stereocenters. The summed E-state index contributed by atoms with van der Waals surface area (Å²) in [6.45, 7) is 3.22. The van der Waals surface area contributed by atoms with E-state index in [2.05, 4.69) is 9.62 Å². The molecule has 1 aliphatic heterocycles. The van der Waals surface area contributed by atoms with Crippen molar-refractivity contribution in [3.63, 3.8) is 0 Å². The Morgan fingerprint density at radius 3 is 2.65 bits per heavy atom. The van der Waals surface area contributed by atoms with Gasteiger partial charge < -0.3 is 15.4 Å². The minimum absolute atomic E-state index is 0.0970. The fourth-order valence-corrected chi connectivity index (χ4v) is 3.45. The van der Waals surface area contributed by atoms with Gasteiger partial charge in [-0.3, -0.25) is 0 Å². The van der Waals surface area contributed by atoms with Gasteiger partial charge in [0.1, 0.15) is 10.6 Å². The number of benzene rings is 1. The first kappa shape index (κ1) is 15.1. The quantitative estimate of drug-likeness (QED) is 0.754. The van der Waals surface area contributed by atoms with Gasteiger partial charge in [0.05, 0.1) is 12.8 Å². The van der Waals surface area contributed by atoms with Crippen molar-refractivity contribution >= 4 is 15.7 Å². The van der Waals surface area contributed by atoms with Crippen LogP contribution in [0.2, 0.25) is 0 Å². The number of anilines is 1. The zero-order chi connectivity index (χ0) is 14.6. The summed E-state index contributed by atoms with van der Waals surface area (Å²) in [6, 6.07) is 4.56. The number of nitrogen functional groups attached to an aromatic ring is 1. The molecule has 112 valence electrons. The smallest absolute Gasteiger partial charge is 0.242 e. The van der Waals surface area contributed by atoms with Crippen LogP contribution in [-0.4, -0.2) is 46.6 Å². The molecule has 0 spiro atoms. The number of likely N-dealkylation sites (tertiary alicyclic amines) is 1.